The Bertz CT molecular complexity index is 1660. The maximum Gasteiger partial charge on any atom is 0.235 e. The van der Waals surface area contributed by atoms with Crippen molar-refractivity contribution in [2.24, 2.45) is 0 Å². The van der Waals surface area contributed by atoms with Gasteiger partial charge in [0.15, 0.2) is 0 Å². The number of amides is 1. The highest BCUT2D eigenvalue weighted by atomic mass is 32.2. The van der Waals surface area contributed by atoms with E-state index in [1.165, 1.54) is 17.7 Å². The van der Waals surface area contributed by atoms with Gasteiger partial charge in [-0.05, 0) is 79.6 Å². The van der Waals surface area contributed by atoms with Crippen molar-refractivity contribution in [3.8, 4) is 17.6 Å². The number of hydrogen-bond donors (Lipinski definition) is 2. The quantitative estimate of drug-likeness (QED) is 0.297. The van der Waals surface area contributed by atoms with Gasteiger partial charge in [0, 0.05) is 44.6 Å². The van der Waals surface area contributed by atoms with Gasteiger partial charge in [0.25, 0.3) is 0 Å². The van der Waals surface area contributed by atoms with Gasteiger partial charge in [-0.3, -0.25) is 4.79 Å². The molecule has 6 nitrogen and oxygen atoms in total. The molecule has 0 atom stereocenters. The van der Waals surface area contributed by atoms with Crippen LogP contribution in [0.5, 0.6) is 5.75 Å². The molecule has 1 amide bonds. The van der Waals surface area contributed by atoms with Gasteiger partial charge < -0.3 is 15.4 Å². The van der Waals surface area contributed by atoms with Crippen LogP contribution in [0.2, 0.25) is 0 Å². The summed E-state index contributed by atoms with van der Waals surface area (Å²) in [5.74, 6) is 8.10. The first-order valence-corrected chi connectivity index (χ1v) is 13.8. The summed E-state index contributed by atoms with van der Waals surface area (Å²) in [5.41, 5.74) is 4.07. The normalized spacial score (nSPS) is 16.8. The number of anilines is 3. The minimum Gasteiger partial charge on any atom is -0.495 e. The summed E-state index contributed by atoms with van der Waals surface area (Å²) < 4.78 is 5.66. The van der Waals surface area contributed by atoms with Crippen molar-refractivity contribution < 1.29 is 9.53 Å². The van der Waals surface area contributed by atoms with E-state index >= 15 is 0 Å². The first-order valence-electron chi connectivity index (χ1n) is 13.0. The molecule has 2 aliphatic carbocycles. The molecule has 2 fully saturated rings. The Balaban J connectivity index is 1.17. The number of methoxy groups -OCH3 is 1. The number of nitrogens with zero attached hydrogens (tertiary/aromatic N) is 2. The van der Waals surface area contributed by atoms with E-state index in [-0.39, 0.29) is 11.3 Å². The average Bonchev–Trinajstić information content (AvgIpc) is 3.67. The van der Waals surface area contributed by atoms with E-state index in [9.17, 15) is 4.79 Å². The van der Waals surface area contributed by atoms with E-state index in [2.05, 4.69) is 50.6 Å². The van der Waals surface area contributed by atoms with E-state index in [4.69, 9.17) is 4.74 Å². The largest absolute Gasteiger partial charge is 0.495 e. The Morgan fingerprint density at radius 3 is 2.76 bits per heavy atom. The van der Waals surface area contributed by atoms with Crippen LogP contribution in [0.15, 0.2) is 65.8 Å². The topological polar surface area (TPSA) is 76.1 Å². The minimum atomic E-state index is -0.312. The van der Waals surface area contributed by atoms with Crippen LogP contribution in [-0.2, 0) is 10.2 Å². The molecule has 3 heterocycles. The summed E-state index contributed by atoms with van der Waals surface area (Å²) in [5, 5.41) is 9.09. The molecule has 2 aromatic carbocycles. The molecule has 188 valence electrons. The fourth-order valence-electron chi connectivity index (χ4n) is 5.26. The van der Waals surface area contributed by atoms with Gasteiger partial charge in [0.05, 0.1) is 18.2 Å². The zero-order chi connectivity index (χ0) is 25.7. The van der Waals surface area contributed by atoms with Crippen LogP contribution < -0.4 is 15.4 Å². The number of rotatable bonds is 5. The van der Waals surface area contributed by atoms with Crippen molar-refractivity contribution in [3.63, 3.8) is 0 Å². The highest BCUT2D eigenvalue weighted by Gasteiger charge is 2.50. The maximum absolute atomic E-state index is 12.6. The number of aromatic nitrogens is 2. The molecule has 2 saturated carbocycles. The van der Waals surface area contributed by atoms with E-state index in [1.54, 1.807) is 13.3 Å². The molecule has 4 aromatic rings. The van der Waals surface area contributed by atoms with Crippen LogP contribution in [-0.4, -0.2) is 28.2 Å². The monoisotopic (exact) mass is 518 g/mol. The van der Waals surface area contributed by atoms with Gasteiger partial charge in [-0.2, -0.15) is 0 Å². The van der Waals surface area contributed by atoms with Crippen molar-refractivity contribution in [1.29, 1.82) is 0 Å². The van der Waals surface area contributed by atoms with Crippen molar-refractivity contribution >= 4 is 45.6 Å². The standard InChI is InChI=1S/C31H26N4O2S/c1-37-28-16-22(38-21-5-6-21)7-10-26(28)34-29-17-23-20(18-33-29)11-14-32-25(23)9-4-19-3-8-24-27(15-19)35-30(36)31(24)12-2-13-31/h3,7-8,10-11,14-18,21H,2,5-6,12-13H2,1H3,(H,33,34)(H,35,36). The summed E-state index contributed by atoms with van der Waals surface area (Å²) in [7, 11) is 1.69. The molecule has 0 radical (unpaired) electrons. The first-order chi connectivity index (χ1) is 18.6. The molecule has 7 heteroatoms. The highest BCUT2D eigenvalue weighted by Crippen LogP contribution is 2.51. The lowest BCUT2D eigenvalue weighted by molar-refractivity contribution is -0.123. The summed E-state index contributed by atoms with van der Waals surface area (Å²) in [4.78, 5) is 22.9. The number of nitrogens with one attached hydrogen (secondary N) is 2. The van der Waals surface area contributed by atoms with Gasteiger partial charge in [0.1, 0.15) is 17.3 Å². The third-order valence-corrected chi connectivity index (χ3v) is 8.99. The molecule has 0 bridgehead atoms. The van der Waals surface area contributed by atoms with Crippen LogP contribution in [0.1, 0.15) is 48.9 Å². The van der Waals surface area contributed by atoms with E-state index < -0.39 is 0 Å². The van der Waals surface area contributed by atoms with Crippen LogP contribution in [0.25, 0.3) is 10.8 Å². The summed E-state index contributed by atoms with van der Waals surface area (Å²) >= 11 is 1.90. The van der Waals surface area contributed by atoms with Crippen LogP contribution in [0.4, 0.5) is 17.2 Å². The predicted molar refractivity (Wildman–Crippen MR) is 151 cm³/mol. The number of ether oxygens (including phenoxy) is 1. The zero-order valence-corrected chi connectivity index (χ0v) is 21.8. The molecule has 1 spiro atoms. The Morgan fingerprint density at radius 2 is 1.97 bits per heavy atom. The van der Waals surface area contributed by atoms with Gasteiger partial charge in [-0.25, -0.2) is 9.97 Å². The predicted octanol–water partition coefficient (Wildman–Crippen LogP) is 6.41. The number of pyridine rings is 2. The van der Waals surface area contributed by atoms with Gasteiger partial charge in [0.2, 0.25) is 5.91 Å². The fraction of sp³-hybridized carbons (Fsp3) is 0.258. The number of thioether (sulfide) groups is 1. The van der Waals surface area contributed by atoms with Crippen LogP contribution in [0, 0.1) is 11.8 Å². The van der Waals surface area contributed by atoms with Crippen LogP contribution in [0.3, 0.4) is 0 Å². The third-order valence-electron chi connectivity index (χ3n) is 7.66. The molecule has 1 aliphatic heterocycles. The van der Waals surface area contributed by atoms with E-state index in [1.807, 2.05) is 48.3 Å². The maximum atomic E-state index is 12.6. The van der Waals surface area contributed by atoms with E-state index in [0.29, 0.717) is 11.5 Å². The van der Waals surface area contributed by atoms with Crippen molar-refractivity contribution in [3.05, 3.63) is 77.7 Å². The van der Waals surface area contributed by atoms with Gasteiger partial charge in [-0.15, -0.1) is 11.8 Å². The molecule has 0 saturated heterocycles. The highest BCUT2D eigenvalue weighted by molar-refractivity contribution is 8.00. The number of benzene rings is 2. The van der Waals surface area contributed by atoms with Crippen molar-refractivity contribution in [2.75, 3.05) is 17.7 Å². The minimum absolute atomic E-state index is 0.125. The van der Waals surface area contributed by atoms with Crippen LogP contribution >= 0.6 is 11.8 Å². The van der Waals surface area contributed by atoms with Crippen molar-refractivity contribution in [2.45, 2.75) is 47.7 Å². The fourth-order valence-corrected chi connectivity index (χ4v) is 6.34. The third kappa shape index (κ3) is 4.06. The zero-order valence-electron chi connectivity index (χ0n) is 21.0. The molecule has 0 unspecified atom stereocenters. The summed E-state index contributed by atoms with van der Waals surface area (Å²) in [6.07, 6.45) is 9.12. The smallest absolute Gasteiger partial charge is 0.235 e. The first kappa shape index (κ1) is 23.1. The lowest BCUT2D eigenvalue weighted by Crippen LogP contribution is -2.40. The molecule has 38 heavy (non-hydrogen) atoms. The second-order valence-corrected chi connectivity index (χ2v) is 11.5. The Morgan fingerprint density at radius 1 is 1.08 bits per heavy atom. The number of hydrogen-bond acceptors (Lipinski definition) is 6. The lowest BCUT2D eigenvalue weighted by atomic mass is 9.65. The molecule has 2 aromatic heterocycles. The second kappa shape index (κ2) is 9.07. The Hall–Kier alpha value is -4.02. The number of fused-ring (bicyclic) bond motifs is 3. The summed E-state index contributed by atoms with van der Waals surface area (Å²) in [6, 6.07) is 16.2. The molecule has 3 aliphatic rings. The number of carbonyl (C=O) groups excluding carboxylic acids is 1. The molecular weight excluding hydrogens is 492 g/mol. The molecule has 2 N–H and O–H groups in total. The Kier molecular flexibility index (Phi) is 5.52. The van der Waals surface area contributed by atoms with Crippen molar-refractivity contribution in [1.82, 2.24) is 9.97 Å². The average molecular weight is 519 g/mol. The number of carbonyl (C=O) groups is 1. The van der Waals surface area contributed by atoms with Gasteiger partial charge >= 0.3 is 0 Å². The summed E-state index contributed by atoms with van der Waals surface area (Å²) in [6.45, 7) is 0. The molecular formula is C31H26N4O2S. The SMILES string of the molecule is COc1cc(SC2CC2)ccc1Nc1cc2c(C#Cc3ccc4c(c3)NC(=O)C43CCC3)nccc2cn1. The van der Waals surface area contributed by atoms with E-state index in [0.717, 1.165) is 63.5 Å². The Labute approximate surface area is 225 Å². The second-order valence-electron chi connectivity index (χ2n) is 10.2. The lowest BCUT2D eigenvalue weighted by Gasteiger charge is -2.36. The van der Waals surface area contributed by atoms with Gasteiger partial charge in [-0.1, -0.05) is 18.4 Å². The molecule has 7 rings (SSSR count).